The van der Waals surface area contributed by atoms with E-state index in [1.165, 1.54) is 19.3 Å². The number of nitrogens with zero attached hydrogens (tertiary/aromatic N) is 1. The molecule has 1 heterocycles. The summed E-state index contributed by atoms with van der Waals surface area (Å²) in [5, 5.41) is 3.51. The van der Waals surface area contributed by atoms with Crippen molar-refractivity contribution in [3.8, 4) is 0 Å². The number of pyridine rings is 1. The first-order valence-electron chi connectivity index (χ1n) is 5.24. The second-order valence-electron chi connectivity index (χ2n) is 4.14. The molecular weight excluding hydrogens is 320 g/mol. The van der Waals surface area contributed by atoms with Crippen LogP contribution in [0.5, 0.6) is 0 Å². The number of anilines is 1. The van der Waals surface area contributed by atoms with E-state index in [0.717, 1.165) is 20.7 Å². The molecule has 0 radical (unpaired) electrons. The van der Waals surface area contributed by atoms with Crippen LogP contribution in [0.25, 0.3) is 0 Å². The summed E-state index contributed by atoms with van der Waals surface area (Å²) in [7, 11) is 0. The Morgan fingerprint density at radius 1 is 1.40 bits per heavy atom. The van der Waals surface area contributed by atoms with Crippen LogP contribution in [-0.2, 0) is 0 Å². The number of rotatable bonds is 2. The Kier molecular flexibility index (Phi) is 3.67. The third-order valence-electron chi connectivity index (χ3n) is 2.99. The summed E-state index contributed by atoms with van der Waals surface area (Å²) in [4.78, 5) is 4.37. The van der Waals surface area contributed by atoms with Crippen LogP contribution in [0.4, 0.5) is 5.82 Å². The quantitative estimate of drug-likeness (QED) is 0.877. The molecular formula is C11H14Br2N2. The maximum atomic E-state index is 4.37. The zero-order valence-corrected chi connectivity index (χ0v) is 11.8. The molecule has 4 heteroatoms. The minimum absolute atomic E-state index is 0.579. The number of aromatic nitrogens is 1. The molecule has 1 aliphatic rings. The van der Waals surface area contributed by atoms with Crippen LogP contribution in [-0.4, -0.2) is 11.0 Å². The molecule has 1 aromatic heterocycles. The Hall–Kier alpha value is -0.0900. The summed E-state index contributed by atoms with van der Waals surface area (Å²) in [5.41, 5.74) is 0. The van der Waals surface area contributed by atoms with E-state index in [0.29, 0.717) is 6.04 Å². The van der Waals surface area contributed by atoms with Gasteiger partial charge in [0.2, 0.25) is 0 Å². The summed E-state index contributed by atoms with van der Waals surface area (Å²) in [6.45, 7) is 2.30. The van der Waals surface area contributed by atoms with Crippen molar-refractivity contribution in [2.24, 2.45) is 5.92 Å². The zero-order chi connectivity index (χ0) is 10.8. The predicted octanol–water partition coefficient (Wildman–Crippen LogP) is 4.21. The summed E-state index contributed by atoms with van der Waals surface area (Å²) in [6, 6.07) is 2.60. The van der Waals surface area contributed by atoms with Crippen LogP contribution < -0.4 is 5.32 Å². The lowest BCUT2D eigenvalue weighted by Gasteiger charge is -2.18. The van der Waals surface area contributed by atoms with Crippen molar-refractivity contribution in [2.75, 3.05) is 5.32 Å². The van der Waals surface area contributed by atoms with Gasteiger partial charge in [-0.2, -0.15) is 0 Å². The first-order valence-corrected chi connectivity index (χ1v) is 6.83. The maximum Gasteiger partial charge on any atom is 0.140 e. The van der Waals surface area contributed by atoms with Crippen LogP contribution in [0.2, 0.25) is 0 Å². The van der Waals surface area contributed by atoms with Crippen LogP contribution in [0.1, 0.15) is 26.2 Å². The molecule has 1 saturated carbocycles. The summed E-state index contributed by atoms with van der Waals surface area (Å²) in [5.74, 6) is 1.71. The van der Waals surface area contributed by atoms with E-state index in [1.54, 1.807) is 0 Å². The Bertz CT molecular complexity index is 354. The maximum absolute atomic E-state index is 4.37. The van der Waals surface area contributed by atoms with Crippen molar-refractivity contribution in [2.45, 2.75) is 32.2 Å². The first-order chi connectivity index (χ1) is 7.16. The Labute approximate surface area is 107 Å². The van der Waals surface area contributed by atoms with E-state index in [9.17, 15) is 0 Å². The van der Waals surface area contributed by atoms with E-state index in [-0.39, 0.29) is 0 Å². The summed E-state index contributed by atoms with van der Waals surface area (Å²) in [6.07, 6.45) is 5.73. The fourth-order valence-corrected chi connectivity index (χ4v) is 3.16. The molecule has 2 nitrogen and oxygen atoms in total. The van der Waals surface area contributed by atoms with Gasteiger partial charge in [-0.05, 0) is 56.7 Å². The Morgan fingerprint density at radius 2 is 2.20 bits per heavy atom. The third kappa shape index (κ3) is 2.72. The average molecular weight is 334 g/mol. The van der Waals surface area contributed by atoms with Crippen molar-refractivity contribution < 1.29 is 0 Å². The second-order valence-corrected chi connectivity index (χ2v) is 5.91. The summed E-state index contributed by atoms with van der Waals surface area (Å²) < 4.78 is 2.02. The van der Waals surface area contributed by atoms with Gasteiger partial charge in [0.15, 0.2) is 0 Å². The van der Waals surface area contributed by atoms with Gasteiger partial charge in [0.25, 0.3) is 0 Å². The highest BCUT2D eigenvalue weighted by molar-refractivity contribution is 9.11. The smallest absolute Gasteiger partial charge is 0.140 e. The lowest BCUT2D eigenvalue weighted by Crippen LogP contribution is -2.22. The highest BCUT2D eigenvalue weighted by Gasteiger charge is 2.23. The van der Waals surface area contributed by atoms with E-state index >= 15 is 0 Å². The molecule has 82 valence electrons. The lowest BCUT2D eigenvalue weighted by molar-refractivity contribution is 0.554. The molecule has 0 amide bonds. The molecule has 2 rings (SSSR count). The van der Waals surface area contributed by atoms with E-state index in [4.69, 9.17) is 0 Å². The monoisotopic (exact) mass is 332 g/mol. The largest absolute Gasteiger partial charge is 0.366 e. The van der Waals surface area contributed by atoms with Gasteiger partial charge in [-0.1, -0.05) is 13.3 Å². The molecule has 2 unspecified atom stereocenters. The molecule has 1 aromatic rings. The second kappa shape index (κ2) is 4.83. The van der Waals surface area contributed by atoms with Gasteiger partial charge in [0, 0.05) is 16.7 Å². The molecule has 1 N–H and O–H groups in total. The molecule has 1 fully saturated rings. The van der Waals surface area contributed by atoms with Crippen molar-refractivity contribution in [3.05, 3.63) is 21.2 Å². The molecule has 0 spiro atoms. The van der Waals surface area contributed by atoms with Gasteiger partial charge >= 0.3 is 0 Å². The average Bonchev–Trinajstić information content (AvgIpc) is 2.57. The zero-order valence-electron chi connectivity index (χ0n) is 8.63. The standard InChI is InChI=1S/C11H14Br2N2/c1-7-3-2-4-10(7)15-11-9(13)5-8(12)6-14-11/h5-7,10H,2-4H2,1H3,(H,14,15). The highest BCUT2D eigenvalue weighted by Crippen LogP contribution is 2.30. The minimum Gasteiger partial charge on any atom is -0.366 e. The summed E-state index contributed by atoms with van der Waals surface area (Å²) >= 11 is 6.92. The Balaban J connectivity index is 2.10. The van der Waals surface area contributed by atoms with Crippen LogP contribution >= 0.6 is 31.9 Å². The fourth-order valence-electron chi connectivity index (χ4n) is 2.06. The van der Waals surface area contributed by atoms with Crippen molar-refractivity contribution in [1.29, 1.82) is 0 Å². The molecule has 2 atom stereocenters. The van der Waals surface area contributed by atoms with Crippen molar-refractivity contribution in [1.82, 2.24) is 4.98 Å². The van der Waals surface area contributed by atoms with Crippen molar-refractivity contribution >= 4 is 37.7 Å². The van der Waals surface area contributed by atoms with E-state index in [2.05, 4.69) is 49.1 Å². The van der Waals surface area contributed by atoms with Gasteiger partial charge < -0.3 is 5.32 Å². The number of nitrogens with one attached hydrogen (secondary N) is 1. The molecule has 15 heavy (non-hydrogen) atoms. The first kappa shape index (κ1) is 11.4. The SMILES string of the molecule is CC1CCCC1Nc1ncc(Br)cc1Br. The molecule has 0 bridgehead atoms. The number of halogens is 2. The topological polar surface area (TPSA) is 24.9 Å². The molecule has 1 aliphatic carbocycles. The van der Waals surface area contributed by atoms with E-state index in [1.807, 2.05) is 12.3 Å². The number of hydrogen-bond acceptors (Lipinski definition) is 2. The predicted molar refractivity (Wildman–Crippen MR) is 70.1 cm³/mol. The van der Waals surface area contributed by atoms with Crippen LogP contribution in [0.15, 0.2) is 21.2 Å². The lowest BCUT2D eigenvalue weighted by atomic mass is 10.1. The molecule has 0 aliphatic heterocycles. The van der Waals surface area contributed by atoms with Gasteiger partial charge in [0.05, 0.1) is 4.47 Å². The Morgan fingerprint density at radius 3 is 2.80 bits per heavy atom. The van der Waals surface area contributed by atoms with E-state index < -0.39 is 0 Å². The molecule has 0 aromatic carbocycles. The van der Waals surface area contributed by atoms with Gasteiger partial charge in [-0.25, -0.2) is 4.98 Å². The minimum atomic E-state index is 0.579. The fraction of sp³-hybridized carbons (Fsp3) is 0.545. The number of hydrogen-bond donors (Lipinski definition) is 1. The van der Waals surface area contributed by atoms with Gasteiger partial charge in [0.1, 0.15) is 5.82 Å². The van der Waals surface area contributed by atoms with Gasteiger partial charge in [-0.3, -0.25) is 0 Å². The highest BCUT2D eigenvalue weighted by atomic mass is 79.9. The van der Waals surface area contributed by atoms with Crippen LogP contribution in [0, 0.1) is 5.92 Å². The third-order valence-corrected chi connectivity index (χ3v) is 4.03. The van der Waals surface area contributed by atoms with Crippen LogP contribution in [0.3, 0.4) is 0 Å². The molecule has 0 saturated heterocycles. The van der Waals surface area contributed by atoms with Crippen molar-refractivity contribution in [3.63, 3.8) is 0 Å². The van der Waals surface area contributed by atoms with Gasteiger partial charge in [-0.15, -0.1) is 0 Å². The normalized spacial score (nSPS) is 25.5.